The fourth-order valence-electron chi connectivity index (χ4n) is 1.45. The molecule has 0 amide bonds. The summed E-state index contributed by atoms with van der Waals surface area (Å²) in [5.41, 5.74) is 0.967. The highest BCUT2D eigenvalue weighted by Crippen LogP contribution is 2.32. The third-order valence-corrected chi connectivity index (χ3v) is 3.14. The molecule has 90 valence electrons. The molecule has 2 heterocycles. The Bertz CT molecular complexity index is 506. The maximum absolute atomic E-state index is 5.13. The van der Waals surface area contributed by atoms with E-state index in [1.54, 1.807) is 11.8 Å². The van der Waals surface area contributed by atoms with Crippen molar-refractivity contribution in [2.45, 2.75) is 38.0 Å². The van der Waals surface area contributed by atoms with Gasteiger partial charge in [-0.05, 0) is 33.8 Å². The maximum atomic E-state index is 5.13. The zero-order valence-corrected chi connectivity index (χ0v) is 11.1. The third-order valence-electron chi connectivity index (χ3n) is 2.13. The molecule has 0 aromatic carbocycles. The molecule has 0 radical (unpaired) electrons. The largest absolute Gasteiger partial charge is 0.338 e. The van der Waals surface area contributed by atoms with Crippen LogP contribution in [0.3, 0.4) is 0 Å². The highest BCUT2D eigenvalue weighted by atomic mass is 32.2. The Hall–Kier alpha value is -1.43. The van der Waals surface area contributed by atoms with Crippen LogP contribution in [0.4, 0.5) is 0 Å². The number of aryl methyl sites for hydroxylation is 3. The molecule has 2 aromatic heterocycles. The molecule has 0 aliphatic heterocycles. The lowest BCUT2D eigenvalue weighted by atomic mass is 10.4. The Morgan fingerprint density at radius 2 is 1.88 bits per heavy atom. The van der Waals surface area contributed by atoms with Crippen LogP contribution >= 0.6 is 11.8 Å². The molecular weight excluding hydrogens is 236 g/mol. The van der Waals surface area contributed by atoms with Gasteiger partial charge in [0.05, 0.1) is 5.25 Å². The first kappa shape index (κ1) is 12.0. The van der Waals surface area contributed by atoms with Gasteiger partial charge >= 0.3 is 0 Å². The number of thioether (sulfide) groups is 1. The molecule has 2 rings (SSSR count). The number of rotatable bonds is 3. The van der Waals surface area contributed by atoms with Crippen molar-refractivity contribution in [1.82, 2.24) is 20.1 Å². The number of aromatic nitrogens is 4. The predicted molar refractivity (Wildman–Crippen MR) is 64.8 cm³/mol. The molecule has 5 nitrogen and oxygen atoms in total. The minimum atomic E-state index is 0.0879. The molecule has 0 saturated carbocycles. The monoisotopic (exact) mass is 250 g/mol. The van der Waals surface area contributed by atoms with Crippen molar-refractivity contribution in [3.05, 3.63) is 29.3 Å². The molecule has 0 N–H and O–H groups in total. The van der Waals surface area contributed by atoms with Crippen molar-refractivity contribution in [2.24, 2.45) is 0 Å². The van der Waals surface area contributed by atoms with E-state index < -0.39 is 0 Å². The van der Waals surface area contributed by atoms with Crippen LogP contribution in [0.2, 0.25) is 0 Å². The molecule has 17 heavy (non-hydrogen) atoms. The lowest BCUT2D eigenvalue weighted by molar-refractivity contribution is 0.376. The summed E-state index contributed by atoms with van der Waals surface area (Å²) in [4.78, 5) is 12.8. The lowest BCUT2D eigenvalue weighted by Gasteiger charge is -2.06. The number of hydrogen-bond acceptors (Lipinski definition) is 6. The Balaban J connectivity index is 2.15. The zero-order valence-electron chi connectivity index (χ0n) is 10.3. The van der Waals surface area contributed by atoms with Crippen LogP contribution in [0.5, 0.6) is 0 Å². The summed E-state index contributed by atoms with van der Waals surface area (Å²) in [6.45, 7) is 7.67. The first-order valence-corrected chi connectivity index (χ1v) is 6.21. The summed E-state index contributed by atoms with van der Waals surface area (Å²) in [6, 6.07) is 1.96. The van der Waals surface area contributed by atoms with Gasteiger partial charge in [0.25, 0.3) is 0 Å². The first-order valence-electron chi connectivity index (χ1n) is 5.34. The van der Waals surface area contributed by atoms with Crippen molar-refractivity contribution in [3.8, 4) is 0 Å². The van der Waals surface area contributed by atoms with Gasteiger partial charge in [0, 0.05) is 5.69 Å². The van der Waals surface area contributed by atoms with Crippen molar-refractivity contribution in [3.63, 3.8) is 0 Å². The van der Waals surface area contributed by atoms with Crippen LogP contribution < -0.4 is 0 Å². The summed E-state index contributed by atoms with van der Waals surface area (Å²) < 4.78 is 5.13. The topological polar surface area (TPSA) is 64.7 Å². The van der Waals surface area contributed by atoms with Crippen molar-refractivity contribution in [2.75, 3.05) is 0 Å². The van der Waals surface area contributed by atoms with E-state index >= 15 is 0 Å². The number of hydrogen-bond donors (Lipinski definition) is 0. The van der Waals surface area contributed by atoms with Gasteiger partial charge < -0.3 is 4.52 Å². The van der Waals surface area contributed by atoms with Crippen LogP contribution in [0.25, 0.3) is 0 Å². The van der Waals surface area contributed by atoms with Crippen LogP contribution in [-0.2, 0) is 0 Å². The second kappa shape index (κ2) is 4.83. The van der Waals surface area contributed by atoms with E-state index in [2.05, 4.69) is 20.1 Å². The molecule has 0 bridgehead atoms. The molecule has 1 atom stereocenters. The van der Waals surface area contributed by atoms with E-state index in [1.807, 2.05) is 33.8 Å². The van der Waals surface area contributed by atoms with Gasteiger partial charge in [-0.15, -0.1) is 0 Å². The molecule has 0 saturated heterocycles. The average Bonchev–Trinajstić information content (AvgIpc) is 2.63. The van der Waals surface area contributed by atoms with Crippen molar-refractivity contribution < 1.29 is 4.52 Å². The highest BCUT2D eigenvalue weighted by molar-refractivity contribution is 7.99. The van der Waals surface area contributed by atoms with E-state index in [-0.39, 0.29) is 5.25 Å². The first-order chi connectivity index (χ1) is 8.04. The van der Waals surface area contributed by atoms with Gasteiger partial charge in [-0.3, -0.25) is 0 Å². The molecule has 0 aliphatic carbocycles. The van der Waals surface area contributed by atoms with Crippen LogP contribution in [-0.4, -0.2) is 20.1 Å². The van der Waals surface area contributed by atoms with E-state index in [0.29, 0.717) is 11.7 Å². The van der Waals surface area contributed by atoms with Crippen LogP contribution in [0.1, 0.15) is 35.4 Å². The lowest BCUT2D eigenvalue weighted by Crippen LogP contribution is -1.95. The van der Waals surface area contributed by atoms with E-state index in [1.165, 1.54) is 0 Å². The Labute approximate surface area is 104 Å². The fourth-order valence-corrected chi connectivity index (χ4v) is 2.44. The highest BCUT2D eigenvalue weighted by Gasteiger charge is 2.15. The second-order valence-corrected chi connectivity index (χ2v) is 5.20. The van der Waals surface area contributed by atoms with E-state index in [9.17, 15) is 0 Å². The minimum Gasteiger partial charge on any atom is -0.338 e. The smallest absolute Gasteiger partial charge is 0.239 e. The quantitative estimate of drug-likeness (QED) is 0.616. The molecule has 0 spiro atoms. The van der Waals surface area contributed by atoms with Crippen LogP contribution in [0, 0.1) is 20.8 Å². The van der Waals surface area contributed by atoms with Gasteiger partial charge in [0.2, 0.25) is 5.89 Å². The van der Waals surface area contributed by atoms with E-state index in [0.717, 1.165) is 16.5 Å². The summed E-state index contributed by atoms with van der Waals surface area (Å²) in [5.74, 6) is 2.06. The Morgan fingerprint density at radius 1 is 1.12 bits per heavy atom. The normalized spacial score (nSPS) is 12.7. The Kier molecular flexibility index (Phi) is 3.42. The second-order valence-electron chi connectivity index (χ2n) is 3.83. The molecular formula is C11H14N4OS. The van der Waals surface area contributed by atoms with Crippen LogP contribution in [0.15, 0.2) is 15.6 Å². The summed E-state index contributed by atoms with van der Waals surface area (Å²) in [7, 11) is 0. The SMILES string of the molecule is Cc1cc(S[C@H](C)c2nc(C)no2)nc(C)n1. The third kappa shape index (κ3) is 3.03. The van der Waals surface area contributed by atoms with Gasteiger partial charge in [0.15, 0.2) is 5.82 Å². The van der Waals surface area contributed by atoms with Crippen molar-refractivity contribution in [1.29, 1.82) is 0 Å². The molecule has 2 aromatic rings. The summed E-state index contributed by atoms with van der Waals surface area (Å²) in [6.07, 6.45) is 0. The fraction of sp³-hybridized carbons (Fsp3) is 0.455. The minimum absolute atomic E-state index is 0.0879. The Morgan fingerprint density at radius 3 is 2.47 bits per heavy atom. The summed E-state index contributed by atoms with van der Waals surface area (Å²) >= 11 is 1.59. The molecule has 0 fully saturated rings. The average molecular weight is 250 g/mol. The molecule has 0 unspecified atom stereocenters. The van der Waals surface area contributed by atoms with E-state index in [4.69, 9.17) is 4.52 Å². The number of nitrogens with zero attached hydrogens (tertiary/aromatic N) is 4. The van der Waals surface area contributed by atoms with Gasteiger partial charge in [-0.1, -0.05) is 16.9 Å². The molecule has 6 heteroatoms. The van der Waals surface area contributed by atoms with Crippen molar-refractivity contribution >= 4 is 11.8 Å². The van der Waals surface area contributed by atoms with Gasteiger partial charge in [0.1, 0.15) is 10.9 Å². The van der Waals surface area contributed by atoms with Gasteiger partial charge in [-0.25, -0.2) is 9.97 Å². The standard InChI is InChI=1S/C11H14N4OS/c1-6-5-10(13-8(3)12-6)17-7(2)11-14-9(4)15-16-11/h5,7H,1-4H3/t7-/m1/s1. The maximum Gasteiger partial charge on any atom is 0.239 e. The molecule has 0 aliphatic rings. The summed E-state index contributed by atoms with van der Waals surface area (Å²) in [5, 5.41) is 4.80. The van der Waals surface area contributed by atoms with Gasteiger partial charge in [-0.2, -0.15) is 4.98 Å². The zero-order chi connectivity index (χ0) is 12.4. The predicted octanol–water partition coefficient (Wildman–Crippen LogP) is 2.64.